The molecule has 3 N–H and O–H groups in total. The minimum atomic E-state index is -0.573. The summed E-state index contributed by atoms with van der Waals surface area (Å²) in [5.74, 6) is 0. The van der Waals surface area contributed by atoms with Gasteiger partial charge in [-0.1, -0.05) is 13.8 Å². The molecule has 48 heavy (non-hydrogen) atoms. The van der Waals surface area contributed by atoms with Crippen molar-refractivity contribution in [1.82, 2.24) is 0 Å². The van der Waals surface area contributed by atoms with E-state index in [1.807, 2.05) is 56.1 Å². The molecule has 7 unspecified atom stereocenters. The number of hydrogen-bond donors (Lipinski definition) is 3. The Morgan fingerprint density at radius 1 is 0.354 bits per heavy atom. The molecule has 0 aliphatic heterocycles. The highest BCUT2D eigenvalue weighted by Gasteiger charge is 2.26. The first kappa shape index (κ1) is 47.5. The second kappa shape index (κ2) is 23.1. The van der Waals surface area contributed by atoms with E-state index in [4.69, 9.17) is 28.4 Å². The van der Waals surface area contributed by atoms with Crippen LogP contribution < -0.4 is 0 Å². The van der Waals surface area contributed by atoms with E-state index < -0.39 is 18.3 Å². The minimum absolute atomic E-state index is 0.154. The number of quaternary nitrogens is 4. The molecule has 0 aliphatic rings. The molecule has 13 heteroatoms. The third-order valence-corrected chi connectivity index (χ3v) is 7.25. The number of ether oxygens (including phenoxy) is 6. The number of hydrogen-bond acceptors (Lipinski definition) is 9. The van der Waals surface area contributed by atoms with Crippen molar-refractivity contribution < 1.29 is 61.7 Å². The first-order valence-corrected chi connectivity index (χ1v) is 17.8. The standard InChI is InChI=1S/C35H80N4O9/c1-15-29(40)21-46-34(20-39(12,13)14)28-48-35(26-43-24-32(16-2)45-22-30(41)17-36(3,4)5)27-44-25-33(19-38(9,10)11)47-23-31(42)18-37(6,7)8/h29-35,40-42H,15-28H2,1-14H3/q+4. The summed E-state index contributed by atoms with van der Waals surface area (Å²) in [7, 11) is 24.9. The van der Waals surface area contributed by atoms with Crippen molar-refractivity contribution in [1.29, 1.82) is 0 Å². The molecule has 0 aromatic carbocycles. The Labute approximate surface area is 294 Å². The van der Waals surface area contributed by atoms with E-state index in [0.717, 1.165) is 6.42 Å². The lowest BCUT2D eigenvalue weighted by Crippen LogP contribution is -2.47. The quantitative estimate of drug-likeness (QED) is 0.0911. The van der Waals surface area contributed by atoms with E-state index in [1.165, 1.54) is 0 Å². The zero-order valence-corrected chi connectivity index (χ0v) is 33.5. The summed E-state index contributed by atoms with van der Waals surface area (Å²) < 4.78 is 39.7. The predicted octanol–water partition coefficient (Wildman–Crippen LogP) is 0.288. The minimum Gasteiger partial charge on any atom is -0.391 e. The van der Waals surface area contributed by atoms with Crippen LogP contribution in [0.5, 0.6) is 0 Å². The molecule has 0 aliphatic carbocycles. The highest BCUT2D eigenvalue weighted by Crippen LogP contribution is 2.10. The molecule has 0 heterocycles. The highest BCUT2D eigenvalue weighted by molar-refractivity contribution is 4.66. The maximum Gasteiger partial charge on any atom is 0.130 e. The average Bonchev–Trinajstić information content (AvgIpc) is 2.90. The van der Waals surface area contributed by atoms with Gasteiger partial charge in [-0.05, 0) is 12.8 Å². The van der Waals surface area contributed by atoms with Gasteiger partial charge in [-0.15, -0.1) is 0 Å². The summed E-state index contributed by atoms with van der Waals surface area (Å²) in [6, 6.07) is 0. The Balaban J connectivity index is 5.49. The van der Waals surface area contributed by atoms with Crippen molar-refractivity contribution in [2.24, 2.45) is 0 Å². The van der Waals surface area contributed by atoms with Gasteiger partial charge in [0.05, 0.1) is 150 Å². The first-order chi connectivity index (χ1) is 21.9. The molecule has 0 aromatic rings. The van der Waals surface area contributed by atoms with Gasteiger partial charge in [0.1, 0.15) is 56.7 Å². The number of aliphatic hydroxyl groups excluding tert-OH is 3. The largest absolute Gasteiger partial charge is 0.391 e. The third kappa shape index (κ3) is 29.2. The maximum absolute atomic E-state index is 10.5. The smallest absolute Gasteiger partial charge is 0.130 e. The lowest BCUT2D eigenvalue weighted by molar-refractivity contribution is -0.875. The predicted molar refractivity (Wildman–Crippen MR) is 191 cm³/mol. The summed E-state index contributed by atoms with van der Waals surface area (Å²) in [6.45, 7) is 8.95. The van der Waals surface area contributed by atoms with Gasteiger partial charge in [0, 0.05) is 0 Å². The van der Waals surface area contributed by atoms with E-state index in [0.29, 0.717) is 77.0 Å². The molecule has 290 valence electrons. The molecule has 0 amide bonds. The van der Waals surface area contributed by atoms with Gasteiger partial charge < -0.3 is 61.7 Å². The van der Waals surface area contributed by atoms with Crippen LogP contribution in [0, 0.1) is 0 Å². The Hall–Kier alpha value is -0.520. The van der Waals surface area contributed by atoms with Gasteiger partial charge in [0.15, 0.2) is 0 Å². The fourth-order valence-corrected chi connectivity index (χ4v) is 5.09. The van der Waals surface area contributed by atoms with Gasteiger partial charge in [0.2, 0.25) is 0 Å². The van der Waals surface area contributed by atoms with Crippen molar-refractivity contribution in [3.8, 4) is 0 Å². The van der Waals surface area contributed by atoms with Crippen molar-refractivity contribution in [2.45, 2.75) is 69.4 Å². The molecule has 7 atom stereocenters. The van der Waals surface area contributed by atoms with E-state index >= 15 is 0 Å². The molecule has 0 aromatic heterocycles. The van der Waals surface area contributed by atoms with Gasteiger partial charge in [-0.2, -0.15) is 0 Å². The fourth-order valence-electron chi connectivity index (χ4n) is 5.09. The molecular weight excluding hydrogens is 620 g/mol. The molecule has 0 saturated heterocycles. The monoisotopic (exact) mass is 701 g/mol. The Morgan fingerprint density at radius 2 is 0.667 bits per heavy atom. The summed E-state index contributed by atoms with van der Waals surface area (Å²) >= 11 is 0. The number of rotatable bonds is 30. The van der Waals surface area contributed by atoms with Crippen molar-refractivity contribution >= 4 is 0 Å². The molecule has 0 rings (SSSR count). The molecule has 0 radical (unpaired) electrons. The van der Waals surface area contributed by atoms with Crippen LogP contribution in [-0.4, -0.2) is 240 Å². The van der Waals surface area contributed by atoms with Crippen LogP contribution in [0.4, 0.5) is 0 Å². The SMILES string of the molecule is CCC(O)COC(COC(COCC(CC)OCC(O)C[N+](C)(C)C)COCC(C[N+](C)(C)C)OCC(O)C[N+](C)(C)C)C[N+](C)(C)C. The zero-order valence-electron chi connectivity index (χ0n) is 33.5. The van der Waals surface area contributed by atoms with Gasteiger partial charge in [-0.3, -0.25) is 0 Å². The van der Waals surface area contributed by atoms with Crippen LogP contribution in [0.1, 0.15) is 26.7 Å². The number of aliphatic hydroxyl groups is 3. The van der Waals surface area contributed by atoms with Crippen molar-refractivity contribution in [3.63, 3.8) is 0 Å². The molecule has 13 nitrogen and oxygen atoms in total. The zero-order chi connectivity index (χ0) is 37.2. The second-order valence-electron chi connectivity index (χ2n) is 17.6. The Morgan fingerprint density at radius 3 is 1.04 bits per heavy atom. The maximum atomic E-state index is 10.5. The topological polar surface area (TPSA) is 116 Å². The number of nitrogens with zero attached hydrogens (tertiary/aromatic N) is 4. The molecular formula is C35H80N4O9+4. The van der Waals surface area contributed by atoms with Crippen LogP contribution in [0.2, 0.25) is 0 Å². The highest BCUT2D eigenvalue weighted by atomic mass is 16.6. The average molecular weight is 701 g/mol. The molecule has 0 fully saturated rings. The molecule has 0 saturated carbocycles. The summed E-state index contributed by atoms with van der Waals surface area (Å²) in [5, 5.41) is 31.1. The fraction of sp³-hybridized carbons (Fsp3) is 1.00. The van der Waals surface area contributed by atoms with Crippen molar-refractivity contribution in [2.75, 3.05) is 164 Å². The van der Waals surface area contributed by atoms with E-state index in [1.54, 1.807) is 0 Å². The van der Waals surface area contributed by atoms with Crippen LogP contribution >= 0.6 is 0 Å². The summed E-state index contributed by atoms with van der Waals surface area (Å²) in [4.78, 5) is 0. The lowest BCUT2D eigenvalue weighted by atomic mass is 10.2. The summed E-state index contributed by atoms with van der Waals surface area (Å²) in [5.41, 5.74) is 0. The van der Waals surface area contributed by atoms with Gasteiger partial charge in [0.25, 0.3) is 0 Å². The van der Waals surface area contributed by atoms with Crippen LogP contribution in [0.15, 0.2) is 0 Å². The van der Waals surface area contributed by atoms with Crippen LogP contribution in [0.3, 0.4) is 0 Å². The van der Waals surface area contributed by atoms with E-state index in [-0.39, 0.29) is 50.8 Å². The van der Waals surface area contributed by atoms with Crippen LogP contribution in [-0.2, 0) is 28.4 Å². The Bertz CT molecular complexity index is 797. The van der Waals surface area contributed by atoms with Gasteiger partial charge >= 0.3 is 0 Å². The normalized spacial score (nSPS) is 17.9. The van der Waals surface area contributed by atoms with Crippen LogP contribution in [0.25, 0.3) is 0 Å². The lowest BCUT2D eigenvalue weighted by Gasteiger charge is -2.32. The molecule has 0 bridgehead atoms. The van der Waals surface area contributed by atoms with E-state index in [9.17, 15) is 15.3 Å². The first-order valence-electron chi connectivity index (χ1n) is 17.8. The van der Waals surface area contributed by atoms with Gasteiger partial charge in [-0.25, -0.2) is 0 Å². The Kier molecular flexibility index (Phi) is 22.9. The van der Waals surface area contributed by atoms with Crippen molar-refractivity contribution in [3.05, 3.63) is 0 Å². The van der Waals surface area contributed by atoms with E-state index in [2.05, 4.69) is 42.3 Å². The summed E-state index contributed by atoms with van der Waals surface area (Å²) in [6.07, 6.45) is -1.24. The second-order valence-corrected chi connectivity index (χ2v) is 17.6. The number of likely N-dealkylation sites (N-methyl/N-ethyl adjacent to an activating group) is 4. The molecule has 0 spiro atoms. The third-order valence-electron chi connectivity index (χ3n) is 7.25.